The van der Waals surface area contributed by atoms with E-state index >= 15 is 0 Å². The maximum Gasteiger partial charge on any atom is 0.225 e. The molecule has 0 saturated heterocycles. The van der Waals surface area contributed by atoms with E-state index in [2.05, 4.69) is 6.07 Å². The summed E-state index contributed by atoms with van der Waals surface area (Å²) in [6, 6.07) is 11.8. The Labute approximate surface area is 137 Å². The van der Waals surface area contributed by atoms with E-state index in [1.807, 2.05) is 30.3 Å². The highest BCUT2D eigenvalue weighted by atomic mass is 35.5. The molecule has 1 nitrogen and oxygen atoms in total. The number of benzene rings is 2. The molecule has 2 aromatic rings. The van der Waals surface area contributed by atoms with Gasteiger partial charge in [0.05, 0.1) is 0 Å². The van der Waals surface area contributed by atoms with Crippen molar-refractivity contribution in [3.05, 3.63) is 68.7 Å². The molecule has 0 radical (unpaired) electrons. The quantitative estimate of drug-likeness (QED) is 0.641. The van der Waals surface area contributed by atoms with Crippen LogP contribution in [-0.2, 0) is 4.79 Å². The van der Waals surface area contributed by atoms with Gasteiger partial charge in [-0.25, -0.2) is 0 Å². The molecule has 3 unspecified atom stereocenters. The van der Waals surface area contributed by atoms with Crippen LogP contribution in [0.1, 0.15) is 40.5 Å². The molecule has 0 heterocycles. The minimum absolute atomic E-state index is 0.0857. The molecular weight excluding hydrogens is 327 g/mol. The van der Waals surface area contributed by atoms with Gasteiger partial charge in [-0.15, -0.1) is 0 Å². The van der Waals surface area contributed by atoms with Gasteiger partial charge in [0, 0.05) is 27.8 Å². The Hall–Kier alpha value is -1.02. The fraction of sp³-hybridized carbons (Fsp3) is 0.235. The van der Waals surface area contributed by atoms with Crippen LogP contribution in [0, 0.1) is 5.92 Å². The molecule has 3 aliphatic rings. The van der Waals surface area contributed by atoms with Gasteiger partial charge in [0.2, 0.25) is 5.24 Å². The molecule has 3 aliphatic carbocycles. The lowest BCUT2D eigenvalue weighted by Gasteiger charge is -2.44. The molecule has 4 heteroatoms. The Balaban J connectivity index is 2.06. The zero-order valence-corrected chi connectivity index (χ0v) is 13.2. The van der Waals surface area contributed by atoms with Crippen molar-refractivity contribution in [2.45, 2.75) is 18.3 Å². The normalized spacial score (nSPS) is 25.4. The molecule has 5 rings (SSSR count). The summed E-state index contributed by atoms with van der Waals surface area (Å²) in [6.07, 6.45) is 0.705. The number of carbonyl (C=O) groups is 1. The third kappa shape index (κ3) is 1.81. The minimum atomic E-state index is -0.291. The molecular formula is C17H11Cl3O. The fourth-order valence-electron chi connectivity index (χ4n) is 3.97. The summed E-state index contributed by atoms with van der Waals surface area (Å²) in [5.41, 5.74) is 4.46. The van der Waals surface area contributed by atoms with Gasteiger partial charge in [0.15, 0.2) is 0 Å². The summed E-state index contributed by atoms with van der Waals surface area (Å²) < 4.78 is 0. The highest BCUT2D eigenvalue weighted by Gasteiger charge is 2.47. The number of halogens is 3. The Kier molecular flexibility index (Phi) is 3.08. The van der Waals surface area contributed by atoms with Crippen LogP contribution >= 0.6 is 34.8 Å². The van der Waals surface area contributed by atoms with Gasteiger partial charge in [-0.2, -0.15) is 0 Å². The molecule has 0 amide bonds. The van der Waals surface area contributed by atoms with E-state index in [-0.39, 0.29) is 23.0 Å². The molecule has 3 atom stereocenters. The van der Waals surface area contributed by atoms with Gasteiger partial charge < -0.3 is 0 Å². The number of hydrogen-bond acceptors (Lipinski definition) is 1. The molecule has 0 fully saturated rings. The summed E-state index contributed by atoms with van der Waals surface area (Å²) in [5.74, 6) is -0.215. The van der Waals surface area contributed by atoms with Gasteiger partial charge in [-0.3, -0.25) is 4.79 Å². The lowest BCUT2D eigenvalue weighted by Crippen LogP contribution is -2.35. The predicted molar refractivity (Wildman–Crippen MR) is 85.6 cm³/mol. The standard InChI is InChI=1S/C17H11Cl3O/c18-12-5-2-4-9-14(12)10-7-11(17(20)21)15(9)16-8(10)3-1-6-13(16)19/h1-6,10-11,15H,7H2. The topological polar surface area (TPSA) is 17.1 Å². The Morgan fingerprint density at radius 2 is 1.57 bits per heavy atom. The van der Waals surface area contributed by atoms with Gasteiger partial charge in [0.25, 0.3) is 0 Å². The van der Waals surface area contributed by atoms with E-state index in [0.29, 0.717) is 11.4 Å². The van der Waals surface area contributed by atoms with Crippen LogP contribution in [0.25, 0.3) is 0 Å². The van der Waals surface area contributed by atoms with Crippen molar-refractivity contribution in [2.24, 2.45) is 5.92 Å². The van der Waals surface area contributed by atoms with Crippen LogP contribution in [0.2, 0.25) is 10.0 Å². The van der Waals surface area contributed by atoms with E-state index in [9.17, 15) is 4.79 Å². The smallest absolute Gasteiger partial charge is 0.225 e. The van der Waals surface area contributed by atoms with E-state index in [0.717, 1.165) is 21.7 Å². The number of fused-ring (bicyclic) bond motifs is 1. The van der Waals surface area contributed by atoms with Crippen molar-refractivity contribution in [3.63, 3.8) is 0 Å². The minimum Gasteiger partial charge on any atom is -0.281 e. The first-order valence-corrected chi connectivity index (χ1v) is 7.99. The third-order valence-electron chi connectivity index (χ3n) is 4.73. The maximum absolute atomic E-state index is 11.9. The van der Waals surface area contributed by atoms with Crippen LogP contribution in [-0.4, -0.2) is 5.24 Å². The van der Waals surface area contributed by atoms with Gasteiger partial charge in [-0.1, -0.05) is 47.5 Å². The van der Waals surface area contributed by atoms with Crippen molar-refractivity contribution < 1.29 is 4.79 Å². The zero-order chi connectivity index (χ0) is 14.7. The third-order valence-corrected chi connectivity index (χ3v) is 5.67. The predicted octanol–water partition coefficient (Wildman–Crippen LogP) is 5.36. The van der Waals surface area contributed by atoms with Crippen LogP contribution in [0.5, 0.6) is 0 Å². The second kappa shape index (κ2) is 4.74. The van der Waals surface area contributed by atoms with E-state index in [1.54, 1.807) is 0 Å². The zero-order valence-electron chi connectivity index (χ0n) is 10.9. The largest absolute Gasteiger partial charge is 0.281 e. The fourth-order valence-corrected chi connectivity index (χ4v) is 4.79. The van der Waals surface area contributed by atoms with Crippen LogP contribution in [0.3, 0.4) is 0 Å². The SMILES string of the molecule is O=C(Cl)C1CC2c3cccc(Cl)c3C1c1cccc(Cl)c12. The second-order valence-corrected chi connectivity index (χ2v) is 6.85. The molecule has 21 heavy (non-hydrogen) atoms. The van der Waals surface area contributed by atoms with Crippen LogP contribution < -0.4 is 0 Å². The van der Waals surface area contributed by atoms with Crippen molar-refractivity contribution in [2.75, 3.05) is 0 Å². The summed E-state index contributed by atoms with van der Waals surface area (Å²) in [6.45, 7) is 0. The number of carbonyl (C=O) groups excluding carboxylic acids is 1. The molecule has 0 aromatic heterocycles. The monoisotopic (exact) mass is 336 g/mol. The van der Waals surface area contributed by atoms with Crippen molar-refractivity contribution in [1.29, 1.82) is 0 Å². The molecule has 0 N–H and O–H groups in total. The molecule has 0 saturated carbocycles. The molecule has 0 spiro atoms. The first-order valence-electron chi connectivity index (χ1n) is 6.85. The lowest BCUT2D eigenvalue weighted by atomic mass is 9.59. The highest BCUT2D eigenvalue weighted by Crippen LogP contribution is 2.58. The van der Waals surface area contributed by atoms with Gasteiger partial charge in [-0.05, 0) is 52.4 Å². The van der Waals surface area contributed by atoms with Crippen molar-refractivity contribution in [3.8, 4) is 0 Å². The molecule has 2 aromatic carbocycles. The van der Waals surface area contributed by atoms with E-state index < -0.39 is 0 Å². The maximum atomic E-state index is 11.9. The Morgan fingerprint density at radius 1 is 0.952 bits per heavy atom. The number of hydrogen-bond donors (Lipinski definition) is 0. The summed E-state index contributed by atoms with van der Waals surface area (Å²) in [7, 11) is 0. The summed E-state index contributed by atoms with van der Waals surface area (Å²) in [4.78, 5) is 11.9. The average molecular weight is 338 g/mol. The van der Waals surface area contributed by atoms with Crippen LogP contribution in [0.4, 0.5) is 0 Å². The number of rotatable bonds is 1. The lowest BCUT2D eigenvalue weighted by molar-refractivity contribution is -0.116. The van der Waals surface area contributed by atoms with Crippen LogP contribution in [0.15, 0.2) is 36.4 Å². The van der Waals surface area contributed by atoms with Gasteiger partial charge in [0.1, 0.15) is 0 Å². The van der Waals surface area contributed by atoms with Gasteiger partial charge >= 0.3 is 0 Å². The first kappa shape index (κ1) is 13.6. The molecule has 2 bridgehead atoms. The van der Waals surface area contributed by atoms with E-state index in [1.165, 1.54) is 5.56 Å². The van der Waals surface area contributed by atoms with Crippen molar-refractivity contribution in [1.82, 2.24) is 0 Å². The second-order valence-electron chi connectivity index (χ2n) is 5.66. The molecule has 0 aliphatic heterocycles. The summed E-state index contributed by atoms with van der Waals surface area (Å²) in [5, 5.41) is 1.17. The average Bonchev–Trinajstić information content (AvgIpc) is 2.47. The van der Waals surface area contributed by atoms with E-state index in [4.69, 9.17) is 34.8 Å². The first-order chi connectivity index (χ1) is 10.1. The Bertz CT molecular complexity index is 769. The van der Waals surface area contributed by atoms with Crippen molar-refractivity contribution >= 4 is 40.0 Å². The molecule has 106 valence electrons. The Morgan fingerprint density at radius 3 is 2.24 bits per heavy atom. The summed E-state index contributed by atoms with van der Waals surface area (Å²) >= 11 is 18.7. The highest BCUT2D eigenvalue weighted by molar-refractivity contribution is 6.64.